The summed E-state index contributed by atoms with van der Waals surface area (Å²) >= 11 is 0. The van der Waals surface area contributed by atoms with Gasteiger partial charge in [0.05, 0.1) is 5.92 Å². The van der Waals surface area contributed by atoms with Crippen LogP contribution in [0.2, 0.25) is 0 Å². The average Bonchev–Trinajstić information content (AvgIpc) is 2.30. The van der Waals surface area contributed by atoms with E-state index in [1.165, 1.54) is 0 Å². The van der Waals surface area contributed by atoms with Crippen molar-refractivity contribution in [2.75, 3.05) is 26.2 Å². The Morgan fingerprint density at radius 3 is 2.81 bits per heavy atom. The first-order valence-electron chi connectivity index (χ1n) is 6.29. The van der Waals surface area contributed by atoms with Crippen LogP contribution in [-0.4, -0.2) is 48.2 Å². The van der Waals surface area contributed by atoms with Crippen molar-refractivity contribution in [1.82, 2.24) is 10.2 Å². The zero-order valence-corrected chi connectivity index (χ0v) is 10.4. The molecule has 1 fully saturated rings. The van der Waals surface area contributed by atoms with Gasteiger partial charge in [-0.15, -0.1) is 0 Å². The van der Waals surface area contributed by atoms with Gasteiger partial charge in [-0.3, -0.25) is 4.79 Å². The Balaban J connectivity index is 2.51. The van der Waals surface area contributed by atoms with Gasteiger partial charge in [0, 0.05) is 25.7 Å². The van der Waals surface area contributed by atoms with Crippen molar-refractivity contribution in [2.24, 2.45) is 5.92 Å². The van der Waals surface area contributed by atoms with Crippen molar-refractivity contribution in [3.63, 3.8) is 0 Å². The summed E-state index contributed by atoms with van der Waals surface area (Å²) in [4.78, 5) is 14.1. The van der Waals surface area contributed by atoms with E-state index in [9.17, 15) is 4.79 Å². The van der Waals surface area contributed by atoms with E-state index in [4.69, 9.17) is 5.11 Å². The Hall–Kier alpha value is -0.610. The van der Waals surface area contributed by atoms with Crippen LogP contribution in [0, 0.1) is 5.92 Å². The number of nitrogens with zero attached hydrogens (tertiary/aromatic N) is 1. The van der Waals surface area contributed by atoms with Crippen LogP contribution in [0.5, 0.6) is 0 Å². The molecule has 1 aliphatic heterocycles. The van der Waals surface area contributed by atoms with E-state index in [0.29, 0.717) is 13.0 Å². The quantitative estimate of drug-likeness (QED) is 0.725. The van der Waals surface area contributed by atoms with Crippen LogP contribution in [0.1, 0.15) is 33.1 Å². The molecule has 1 amide bonds. The fourth-order valence-electron chi connectivity index (χ4n) is 2.16. The summed E-state index contributed by atoms with van der Waals surface area (Å²) in [6, 6.07) is 0.223. The lowest BCUT2D eigenvalue weighted by molar-refractivity contribution is -0.138. The fraction of sp³-hybridized carbons (Fsp3) is 0.917. The summed E-state index contributed by atoms with van der Waals surface area (Å²) in [7, 11) is 0. The first-order chi connectivity index (χ1) is 7.66. The van der Waals surface area contributed by atoms with Gasteiger partial charge in [-0.2, -0.15) is 0 Å². The normalized spacial score (nSPS) is 21.1. The third-order valence-electron chi connectivity index (χ3n) is 3.11. The van der Waals surface area contributed by atoms with Gasteiger partial charge in [0.15, 0.2) is 0 Å². The van der Waals surface area contributed by atoms with Crippen molar-refractivity contribution in [3.05, 3.63) is 0 Å². The largest absolute Gasteiger partial charge is 0.396 e. The van der Waals surface area contributed by atoms with Gasteiger partial charge in [0.1, 0.15) is 0 Å². The molecular weight excluding hydrogens is 204 g/mol. The number of piperidine rings is 1. The van der Waals surface area contributed by atoms with Crippen molar-refractivity contribution >= 4 is 5.91 Å². The predicted molar refractivity (Wildman–Crippen MR) is 64.1 cm³/mol. The summed E-state index contributed by atoms with van der Waals surface area (Å²) in [5.41, 5.74) is 0. The minimum Gasteiger partial charge on any atom is -0.396 e. The first-order valence-corrected chi connectivity index (χ1v) is 6.29. The smallest absolute Gasteiger partial charge is 0.227 e. The molecule has 16 heavy (non-hydrogen) atoms. The zero-order valence-electron chi connectivity index (χ0n) is 10.4. The number of aliphatic hydroxyl groups is 1. The summed E-state index contributed by atoms with van der Waals surface area (Å²) in [5.74, 6) is 0.380. The van der Waals surface area contributed by atoms with E-state index in [2.05, 4.69) is 5.32 Å². The second kappa shape index (κ2) is 6.86. The van der Waals surface area contributed by atoms with Gasteiger partial charge in [-0.05, 0) is 39.7 Å². The number of carbonyl (C=O) groups is 1. The van der Waals surface area contributed by atoms with Crippen LogP contribution in [0.15, 0.2) is 0 Å². The number of carbonyl (C=O) groups excluding carboxylic acids is 1. The number of hydrogen-bond acceptors (Lipinski definition) is 3. The summed E-state index contributed by atoms with van der Waals surface area (Å²) in [6.45, 7) is 6.73. The first kappa shape index (κ1) is 13.5. The summed E-state index contributed by atoms with van der Waals surface area (Å²) in [6.07, 6.45) is 2.75. The number of nitrogens with one attached hydrogen (secondary N) is 1. The lowest BCUT2D eigenvalue weighted by Crippen LogP contribution is -2.46. The Morgan fingerprint density at radius 1 is 1.56 bits per heavy atom. The second-order valence-electron chi connectivity index (χ2n) is 4.75. The predicted octanol–water partition coefficient (Wildman–Crippen LogP) is 0.605. The number of aliphatic hydroxyl groups excluding tert-OH is 1. The molecule has 4 heteroatoms. The molecular formula is C12H24N2O2. The third-order valence-corrected chi connectivity index (χ3v) is 3.11. The number of hydrogen-bond donors (Lipinski definition) is 2. The molecule has 94 valence electrons. The monoisotopic (exact) mass is 228 g/mol. The molecule has 0 saturated carbocycles. The van der Waals surface area contributed by atoms with E-state index < -0.39 is 0 Å². The maximum atomic E-state index is 12.2. The van der Waals surface area contributed by atoms with Gasteiger partial charge in [0.25, 0.3) is 0 Å². The van der Waals surface area contributed by atoms with Gasteiger partial charge >= 0.3 is 0 Å². The molecule has 0 aromatic rings. The van der Waals surface area contributed by atoms with Gasteiger partial charge < -0.3 is 15.3 Å². The van der Waals surface area contributed by atoms with E-state index in [0.717, 1.165) is 25.9 Å². The van der Waals surface area contributed by atoms with E-state index in [1.54, 1.807) is 0 Å². The Morgan fingerprint density at radius 2 is 2.31 bits per heavy atom. The Kier molecular flexibility index (Phi) is 5.77. The Labute approximate surface area is 98.0 Å². The summed E-state index contributed by atoms with van der Waals surface area (Å²) in [5, 5.41) is 12.1. The minimum atomic E-state index is 0.134. The van der Waals surface area contributed by atoms with Crippen LogP contribution in [-0.2, 0) is 4.79 Å². The summed E-state index contributed by atoms with van der Waals surface area (Å²) < 4.78 is 0. The average molecular weight is 228 g/mol. The molecule has 0 aromatic heterocycles. The molecule has 1 rings (SSSR count). The van der Waals surface area contributed by atoms with E-state index in [-0.39, 0.29) is 24.5 Å². The zero-order chi connectivity index (χ0) is 12.0. The topological polar surface area (TPSA) is 52.6 Å². The standard InChI is InChI=1S/C12H24N2O2/c1-10(2)14(7-4-8-15)12(16)11-5-3-6-13-9-11/h10-11,13,15H,3-9H2,1-2H3. The fourth-order valence-corrected chi connectivity index (χ4v) is 2.16. The van der Waals surface area contributed by atoms with Crippen molar-refractivity contribution in [3.8, 4) is 0 Å². The molecule has 4 nitrogen and oxygen atoms in total. The van der Waals surface area contributed by atoms with Gasteiger partial charge in [-0.25, -0.2) is 0 Å². The number of amides is 1. The SMILES string of the molecule is CC(C)N(CCCO)C(=O)C1CCCNC1. The second-order valence-corrected chi connectivity index (χ2v) is 4.75. The molecule has 2 N–H and O–H groups in total. The Bertz CT molecular complexity index is 213. The van der Waals surface area contributed by atoms with E-state index in [1.807, 2.05) is 18.7 Å². The number of rotatable bonds is 5. The highest BCUT2D eigenvalue weighted by atomic mass is 16.3. The third kappa shape index (κ3) is 3.76. The molecule has 0 aromatic carbocycles. The molecule has 0 aliphatic carbocycles. The van der Waals surface area contributed by atoms with Crippen molar-refractivity contribution < 1.29 is 9.90 Å². The minimum absolute atomic E-state index is 0.134. The molecule has 1 heterocycles. The maximum absolute atomic E-state index is 12.2. The molecule has 1 aliphatic rings. The molecule has 0 bridgehead atoms. The lowest BCUT2D eigenvalue weighted by atomic mass is 9.97. The van der Waals surface area contributed by atoms with Crippen LogP contribution < -0.4 is 5.32 Å². The van der Waals surface area contributed by atoms with Crippen LogP contribution in [0.3, 0.4) is 0 Å². The van der Waals surface area contributed by atoms with Crippen molar-refractivity contribution in [2.45, 2.75) is 39.2 Å². The maximum Gasteiger partial charge on any atom is 0.227 e. The van der Waals surface area contributed by atoms with Crippen LogP contribution >= 0.6 is 0 Å². The molecule has 1 unspecified atom stereocenters. The molecule has 0 radical (unpaired) electrons. The van der Waals surface area contributed by atoms with Crippen molar-refractivity contribution in [1.29, 1.82) is 0 Å². The molecule has 1 saturated heterocycles. The van der Waals surface area contributed by atoms with Gasteiger partial charge in [-0.1, -0.05) is 0 Å². The highest BCUT2D eigenvalue weighted by Gasteiger charge is 2.26. The van der Waals surface area contributed by atoms with Gasteiger partial charge in [0.2, 0.25) is 5.91 Å². The molecule has 1 atom stereocenters. The molecule has 0 spiro atoms. The highest BCUT2D eigenvalue weighted by Crippen LogP contribution is 2.15. The van der Waals surface area contributed by atoms with Crippen LogP contribution in [0.4, 0.5) is 0 Å². The lowest BCUT2D eigenvalue weighted by Gasteiger charge is -2.32. The van der Waals surface area contributed by atoms with Crippen LogP contribution in [0.25, 0.3) is 0 Å². The van der Waals surface area contributed by atoms with E-state index >= 15 is 0 Å². The highest BCUT2D eigenvalue weighted by molar-refractivity contribution is 5.79.